The zero-order valence-electron chi connectivity index (χ0n) is 13.4. The Morgan fingerprint density at radius 2 is 1.95 bits per heavy atom. The Morgan fingerprint density at radius 1 is 1.20 bits per heavy atom. The van der Waals surface area contributed by atoms with Gasteiger partial charge in [-0.1, -0.05) is 31.9 Å². The molecule has 0 unspecified atom stereocenters. The number of benzene rings is 1. The SMILES string of the molecule is CCNCC1(CN(CC)c2cccc(C)c2)CCCC1. The summed E-state index contributed by atoms with van der Waals surface area (Å²) in [4.78, 5) is 2.57. The van der Waals surface area contributed by atoms with Gasteiger partial charge in [-0.05, 0) is 50.9 Å². The number of nitrogens with zero attached hydrogens (tertiary/aromatic N) is 1. The van der Waals surface area contributed by atoms with Crippen LogP contribution in [-0.2, 0) is 0 Å². The van der Waals surface area contributed by atoms with Crippen molar-refractivity contribution >= 4 is 5.69 Å². The van der Waals surface area contributed by atoms with Gasteiger partial charge in [-0.25, -0.2) is 0 Å². The Morgan fingerprint density at radius 3 is 2.55 bits per heavy atom. The van der Waals surface area contributed by atoms with Crippen molar-refractivity contribution in [3.8, 4) is 0 Å². The van der Waals surface area contributed by atoms with E-state index in [4.69, 9.17) is 0 Å². The van der Waals surface area contributed by atoms with Gasteiger partial charge in [0.2, 0.25) is 0 Å². The summed E-state index contributed by atoms with van der Waals surface area (Å²) in [5.74, 6) is 0. The lowest BCUT2D eigenvalue weighted by molar-refractivity contribution is 0.286. The molecule has 0 aromatic heterocycles. The molecule has 1 aliphatic rings. The molecule has 0 atom stereocenters. The minimum Gasteiger partial charge on any atom is -0.371 e. The van der Waals surface area contributed by atoms with Crippen LogP contribution in [0.2, 0.25) is 0 Å². The van der Waals surface area contributed by atoms with Gasteiger partial charge in [-0.15, -0.1) is 0 Å². The van der Waals surface area contributed by atoms with E-state index in [1.54, 1.807) is 0 Å². The van der Waals surface area contributed by atoms with Crippen LogP contribution in [0, 0.1) is 12.3 Å². The second-order valence-electron chi connectivity index (χ2n) is 6.34. The number of hydrogen-bond acceptors (Lipinski definition) is 2. The maximum atomic E-state index is 3.60. The molecule has 1 fully saturated rings. The molecule has 112 valence electrons. The first-order chi connectivity index (χ1) is 9.69. The zero-order chi connectivity index (χ0) is 14.4. The van der Waals surface area contributed by atoms with Crippen LogP contribution in [0.15, 0.2) is 24.3 Å². The van der Waals surface area contributed by atoms with Crippen molar-refractivity contribution in [2.45, 2.75) is 46.5 Å². The summed E-state index contributed by atoms with van der Waals surface area (Å²) in [7, 11) is 0. The van der Waals surface area contributed by atoms with Gasteiger partial charge < -0.3 is 10.2 Å². The van der Waals surface area contributed by atoms with Gasteiger partial charge >= 0.3 is 0 Å². The minimum absolute atomic E-state index is 0.482. The molecule has 1 aromatic rings. The minimum atomic E-state index is 0.482. The van der Waals surface area contributed by atoms with Crippen LogP contribution in [0.5, 0.6) is 0 Å². The number of hydrogen-bond donors (Lipinski definition) is 1. The third kappa shape index (κ3) is 3.76. The fourth-order valence-electron chi connectivity index (χ4n) is 3.52. The lowest BCUT2D eigenvalue weighted by Gasteiger charge is -2.36. The van der Waals surface area contributed by atoms with Gasteiger partial charge in [-0.2, -0.15) is 0 Å². The van der Waals surface area contributed by atoms with Crippen molar-refractivity contribution in [2.24, 2.45) is 5.41 Å². The van der Waals surface area contributed by atoms with E-state index >= 15 is 0 Å². The molecule has 0 heterocycles. The highest BCUT2D eigenvalue weighted by atomic mass is 15.1. The van der Waals surface area contributed by atoms with E-state index in [2.05, 4.69) is 55.3 Å². The second-order valence-corrected chi connectivity index (χ2v) is 6.34. The van der Waals surface area contributed by atoms with Gasteiger partial charge in [0.1, 0.15) is 0 Å². The molecule has 0 radical (unpaired) electrons. The highest BCUT2D eigenvalue weighted by molar-refractivity contribution is 5.48. The predicted molar refractivity (Wildman–Crippen MR) is 88.5 cm³/mol. The van der Waals surface area contributed by atoms with E-state index < -0.39 is 0 Å². The molecule has 0 spiro atoms. The highest BCUT2D eigenvalue weighted by Gasteiger charge is 2.35. The van der Waals surface area contributed by atoms with Crippen LogP contribution >= 0.6 is 0 Å². The van der Waals surface area contributed by atoms with E-state index in [0.29, 0.717) is 5.41 Å². The van der Waals surface area contributed by atoms with Gasteiger partial charge in [0.05, 0.1) is 0 Å². The van der Waals surface area contributed by atoms with Crippen LogP contribution in [0.25, 0.3) is 0 Å². The molecule has 1 aliphatic carbocycles. The van der Waals surface area contributed by atoms with Gasteiger partial charge in [0.25, 0.3) is 0 Å². The largest absolute Gasteiger partial charge is 0.371 e. The van der Waals surface area contributed by atoms with E-state index in [1.165, 1.54) is 50.0 Å². The fraction of sp³-hybridized carbons (Fsp3) is 0.667. The summed E-state index contributed by atoms with van der Waals surface area (Å²) in [6.07, 6.45) is 5.55. The van der Waals surface area contributed by atoms with Gasteiger partial charge in [0, 0.05) is 30.7 Å². The molecule has 2 rings (SSSR count). The van der Waals surface area contributed by atoms with Crippen LogP contribution < -0.4 is 10.2 Å². The summed E-state index contributed by atoms with van der Waals surface area (Å²) >= 11 is 0. The molecule has 2 heteroatoms. The molecule has 2 nitrogen and oxygen atoms in total. The monoisotopic (exact) mass is 274 g/mol. The first kappa shape index (κ1) is 15.4. The summed E-state index contributed by atoms with van der Waals surface area (Å²) in [5, 5.41) is 3.60. The molecule has 0 amide bonds. The molecule has 0 bridgehead atoms. The van der Waals surface area contributed by atoms with E-state index in [9.17, 15) is 0 Å². The molecule has 0 aliphatic heterocycles. The molecular formula is C18H30N2. The van der Waals surface area contributed by atoms with Crippen LogP contribution in [0.4, 0.5) is 5.69 Å². The average Bonchev–Trinajstić information content (AvgIpc) is 2.92. The quantitative estimate of drug-likeness (QED) is 0.808. The summed E-state index contributed by atoms with van der Waals surface area (Å²) in [6, 6.07) is 8.94. The molecule has 1 aromatic carbocycles. The van der Waals surface area contributed by atoms with Crippen molar-refractivity contribution in [1.82, 2.24) is 5.32 Å². The second kappa shape index (κ2) is 7.12. The molecule has 1 N–H and O–H groups in total. The van der Waals surface area contributed by atoms with Crippen LogP contribution in [0.3, 0.4) is 0 Å². The first-order valence-corrected chi connectivity index (χ1v) is 8.21. The number of rotatable bonds is 7. The maximum Gasteiger partial charge on any atom is 0.0368 e. The number of nitrogens with one attached hydrogen (secondary N) is 1. The summed E-state index contributed by atoms with van der Waals surface area (Å²) < 4.78 is 0. The van der Waals surface area contributed by atoms with Crippen LogP contribution in [-0.4, -0.2) is 26.2 Å². The molecular weight excluding hydrogens is 244 g/mol. The summed E-state index contributed by atoms with van der Waals surface area (Å²) in [6.45, 7) is 11.2. The third-order valence-corrected chi connectivity index (χ3v) is 4.69. The number of anilines is 1. The van der Waals surface area contributed by atoms with Crippen molar-refractivity contribution in [3.63, 3.8) is 0 Å². The molecule has 1 saturated carbocycles. The Labute approximate surface area is 124 Å². The maximum absolute atomic E-state index is 3.60. The van der Waals surface area contributed by atoms with Crippen molar-refractivity contribution in [3.05, 3.63) is 29.8 Å². The predicted octanol–water partition coefficient (Wildman–Crippen LogP) is 3.99. The third-order valence-electron chi connectivity index (χ3n) is 4.69. The van der Waals surface area contributed by atoms with Crippen molar-refractivity contribution < 1.29 is 0 Å². The smallest absolute Gasteiger partial charge is 0.0368 e. The average molecular weight is 274 g/mol. The molecule has 20 heavy (non-hydrogen) atoms. The molecule has 0 saturated heterocycles. The lowest BCUT2D eigenvalue weighted by Crippen LogP contribution is -2.42. The summed E-state index contributed by atoms with van der Waals surface area (Å²) in [5.41, 5.74) is 3.22. The number of aryl methyl sites for hydroxylation is 1. The van der Waals surface area contributed by atoms with E-state index in [0.717, 1.165) is 13.1 Å². The van der Waals surface area contributed by atoms with Gasteiger partial charge in [0.15, 0.2) is 0 Å². The standard InChI is InChI=1S/C18H30N2/c1-4-19-14-18(11-6-7-12-18)15-20(5-2)17-10-8-9-16(3)13-17/h8-10,13,19H,4-7,11-12,14-15H2,1-3H3. The van der Waals surface area contributed by atoms with E-state index in [-0.39, 0.29) is 0 Å². The zero-order valence-corrected chi connectivity index (χ0v) is 13.4. The Kier molecular flexibility index (Phi) is 5.47. The first-order valence-electron chi connectivity index (χ1n) is 8.21. The topological polar surface area (TPSA) is 15.3 Å². The van der Waals surface area contributed by atoms with Crippen molar-refractivity contribution in [2.75, 3.05) is 31.1 Å². The Hall–Kier alpha value is -1.02. The lowest BCUT2D eigenvalue weighted by atomic mass is 9.85. The van der Waals surface area contributed by atoms with Crippen molar-refractivity contribution in [1.29, 1.82) is 0 Å². The fourth-order valence-corrected chi connectivity index (χ4v) is 3.52. The van der Waals surface area contributed by atoms with Gasteiger partial charge in [-0.3, -0.25) is 0 Å². The van der Waals surface area contributed by atoms with E-state index in [1.807, 2.05) is 0 Å². The highest BCUT2D eigenvalue weighted by Crippen LogP contribution is 2.39. The normalized spacial score (nSPS) is 17.4. The Bertz CT molecular complexity index is 408. The van der Waals surface area contributed by atoms with Crippen LogP contribution in [0.1, 0.15) is 45.1 Å². The Balaban J connectivity index is 2.10.